The second kappa shape index (κ2) is 11.0. The number of nitrogens with one attached hydrogen (secondary N) is 1. The van der Waals surface area contributed by atoms with Crippen molar-refractivity contribution >= 4 is 0 Å². The summed E-state index contributed by atoms with van der Waals surface area (Å²) in [5.74, 6) is 0.864. The van der Waals surface area contributed by atoms with Crippen molar-refractivity contribution in [1.82, 2.24) is 10.2 Å². The molecule has 0 radical (unpaired) electrons. The Morgan fingerprint density at radius 3 is 2.48 bits per heavy atom. The fourth-order valence-electron chi connectivity index (χ4n) is 3.58. The summed E-state index contributed by atoms with van der Waals surface area (Å²) in [5.41, 5.74) is 2.57. The number of hydrogen-bond acceptors (Lipinski definition) is 4. The zero-order chi connectivity index (χ0) is 19.7. The lowest BCUT2D eigenvalue weighted by molar-refractivity contribution is 0.106. The fourth-order valence-corrected chi connectivity index (χ4v) is 3.58. The predicted molar refractivity (Wildman–Crippen MR) is 114 cm³/mol. The van der Waals surface area contributed by atoms with Crippen LogP contribution in [0.2, 0.25) is 0 Å². The van der Waals surface area contributed by atoms with Crippen LogP contribution in [-0.4, -0.2) is 55.4 Å². The van der Waals surface area contributed by atoms with Gasteiger partial charge in [-0.2, -0.15) is 0 Å². The molecule has 1 aromatic rings. The number of aliphatic hydroxyl groups excluding tert-OH is 1. The highest BCUT2D eigenvalue weighted by Gasteiger charge is 2.15. The van der Waals surface area contributed by atoms with Crippen LogP contribution in [0.1, 0.15) is 64.0 Å². The summed E-state index contributed by atoms with van der Waals surface area (Å²) < 4.78 is 5.83. The minimum atomic E-state index is -0.482. The number of rotatable bonds is 9. The van der Waals surface area contributed by atoms with Crippen LogP contribution in [0.4, 0.5) is 0 Å². The first-order valence-corrected chi connectivity index (χ1v) is 10.7. The van der Waals surface area contributed by atoms with Crippen molar-refractivity contribution in [2.75, 3.05) is 39.3 Å². The van der Waals surface area contributed by atoms with Crippen LogP contribution in [0.3, 0.4) is 0 Å². The predicted octanol–water partition coefficient (Wildman–Crippen LogP) is 3.89. The summed E-state index contributed by atoms with van der Waals surface area (Å²) in [6.07, 6.45) is 6.13. The molecule has 0 aliphatic carbocycles. The number of nitrogens with zero attached hydrogens (tertiary/aromatic N) is 1. The van der Waals surface area contributed by atoms with Crippen molar-refractivity contribution in [3.63, 3.8) is 0 Å². The lowest BCUT2D eigenvalue weighted by Crippen LogP contribution is -2.34. The molecule has 4 heteroatoms. The molecule has 0 bridgehead atoms. The van der Waals surface area contributed by atoms with E-state index in [0.717, 1.165) is 24.3 Å². The summed E-state index contributed by atoms with van der Waals surface area (Å²) in [6.45, 7) is 14.2. The lowest BCUT2D eigenvalue weighted by atomic mass is 9.86. The second-order valence-corrected chi connectivity index (χ2v) is 9.01. The molecule has 0 saturated carbocycles. The van der Waals surface area contributed by atoms with Crippen molar-refractivity contribution in [1.29, 1.82) is 0 Å². The van der Waals surface area contributed by atoms with Crippen LogP contribution >= 0.6 is 0 Å². The van der Waals surface area contributed by atoms with E-state index >= 15 is 0 Å². The first-order valence-electron chi connectivity index (χ1n) is 10.7. The van der Waals surface area contributed by atoms with Crippen molar-refractivity contribution in [3.05, 3.63) is 29.3 Å². The summed E-state index contributed by atoms with van der Waals surface area (Å²) in [6, 6.07) is 6.33. The van der Waals surface area contributed by atoms with E-state index in [1.54, 1.807) is 0 Å². The maximum absolute atomic E-state index is 10.2. The molecule has 1 aliphatic rings. The maximum Gasteiger partial charge on any atom is 0.122 e. The first-order chi connectivity index (χ1) is 12.9. The minimum absolute atomic E-state index is 0.139. The Kier molecular flexibility index (Phi) is 9.07. The van der Waals surface area contributed by atoms with Gasteiger partial charge in [-0.15, -0.1) is 0 Å². The molecule has 0 unspecified atom stereocenters. The zero-order valence-corrected chi connectivity index (χ0v) is 17.9. The molecule has 1 atom stereocenters. The average molecular weight is 377 g/mol. The van der Waals surface area contributed by atoms with Crippen LogP contribution < -0.4 is 10.1 Å². The Hall–Kier alpha value is -1.10. The molecule has 0 spiro atoms. The molecule has 1 fully saturated rings. The van der Waals surface area contributed by atoms with Gasteiger partial charge >= 0.3 is 0 Å². The van der Waals surface area contributed by atoms with Crippen molar-refractivity contribution in [2.24, 2.45) is 0 Å². The molecule has 2 rings (SSSR count). The van der Waals surface area contributed by atoms with E-state index in [2.05, 4.69) is 50.0 Å². The van der Waals surface area contributed by atoms with Gasteiger partial charge in [0.1, 0.15) is 18.5 Å². The molecule has 4 nitrogen and oxygen atoms in total. The van der Waals surface area contributed by atoms with E-state index in [-0.39, 0.29) is 5.41 Å². The van der Waals surface area contributed by atoms with E-state index < -0.39 is 6.10 Å². The molecule has 27 heavy (non-hydrogen) atoms. The summed E-state index contributed by atoms with van der Waals surface area (Å²) in [5, 5.41) is 13.5. The average Bonchev–Trinajstić information content (AvgIpc) is 2.88. The molecule has 1 aliphatic heterocycles. The molecular formula is C23H40N2O2. The van der Waals surface area contributed by atoms with Gasteiger partial charge in [-0.25, -0.2) is 0 Å². The first kappa shape index (κ1) is 22.2. The summed E-state index contributed by atoms with van der Waals surface area (Å²) >= 11 is 0. The van der Waals surface area contributed by atoms with Crippen LogP contribution in [0, 0.1) is 6.92 Å². The number of aliphatic hydroxyl groups is 1. The molecule has 1 heterocycles. The van der Waals surface area contributed by atoms with Gasteiger partial charge in [-0.05, 0) is 75.0 Å². The van der Waals surface area contributed by atoms with Gasteiger partial charge in [0.2, 0.25) is 0 Å². The number of ether oxygens (including phenoxy) is 1. The van der Waals surface area contributed by atoms with Gasteiger partial charge in [0.25, 0.3) is 0 Å². The number of likely N-dealkylation sites (tertiary alicyclic amines) is 1. The van der Waals surface area contributed by atoms with Gasteiger partial charge in [0.05, 0.1) is 0 Å². The monoisotopic (exact) mass is 376 g/mol. The SMILES string of the molecule is Cc1cc(C(C)(C)C)ccc1OC[C@H](O)CNCCCN1CCCCCC1. The molecular weight excluding hydrogens is 336 g/mol. The van der Waals surface area contributed by atoms with Gasteiger partial charge < -0.3 is 20.1 Å². The topological polar surface area (TPSA) is 44.7 Å². The quantitative estimate of drug-likeness (QED) is 0.642. The maximum atomic E-state index is 10.2. The standard InChI is InChI=1S/C23H40N2O2/c1-19-16-20(23(2,3)4)10-11-22(19)27-18-21(26)17-24-12-9-15-25-13-7-5-6-8-14-25/h10-11,16,21,24,26H,5-9,12-15,17-18H2,1-4H3/t21-/m1/s1. The smallest absolute Gasteiger partial charge is 0.122 e. The number of benzene rings is 1. The summed E-state index contributed by atoms with van der Waals surface area (Å²) in [4.78, 5) is 2.58. The number of hydrogen-bond donors (Lipinski definition) is 2. The highest BCUT2D eigenvalue weighted by Crippen LogP contribution is 2.27. The van der Waals surface area contributed by atoms with Crippen molar-refractivity contribution < 1.29 is 9.84 Å². The Balaban J connectivity index is 1.61. The van der Waals surface area contributed by atoms with Crippen LogP contribution in [0.5, 0.6) is 5.75 Å². The molecule has 0 amide bonds. The van der Waals surface area contributed by atoms with Crippen LogP contribution in [-0.2, 0) is 5.41 Å². The van der Waals surface area contributed by atoms with Crippen molar-refractivity contribution in [3.8, 4) is 5.75 Å². The summed E-state index contributed by atoms with van der Waals surface area (Å²) in [7, 11) is 0. The Labute approximate surface area is 166 Å². The molecule has 1 aromatic carbocycles. The van der Waals surface area contributed by atoms with E-state index in [1.165, 1.54) is 50.9 Å². The van der Waals surface area contributed by atoms with Crippen LogP contribution in [0.15, 0.2) is 18.2 Å². The molecule has 1 saturated heterocycles. The Bertz CT molecular complexity index is 546. The van der Waals surface area contributed by atoms with Gasteiger partial charge in [-0.3, -0.25) is 0 Å². The van der Waals surface area contributed by atoms with E-state index in [4.69, 9.17) is 4.74 Å². The third-order valence-electron chi connectivity index (χ3n) is 5.38. The normalized spacial score (nSPS) is 17.5. The van der Waals surface area contributed by atoms with Gasteiger partial charge in [0, 0.05) is 6.54 Å². The number of aryl methyl sites for hydroxylation is 1. The molecule has 0 aromatic heterocycles. The third kappa shape index (κ3) is 8.20. The van der Waals surface area contributed by atoms with Gasteiger partial charge in [0.15, 0.2) is 0 Å². The van der Waals surface area contributed by atoms with E-state index in [9.17, 15) is 5.11 Å². The lowest BCUT2D eigenvalue weighted by Gasteiger charge is -2.21. The molecule has 154 valence electrons. The molecule has 2 N–H and O–H groups in total. The zero-order valence-electron chi connectivity index (χ0n) is 17.9. The highest BCUT2D eigenvalue weighted by atomic mass is 16.5. The van der Waals surface area contributed by atoms with Crippen molar-refractivity contribution in [2.45, 2.75) is 71.3 Å². The van der Waals surface area contributed by atoms with Crippen LogP contribution in [0.25, 0.3) is 0 Å². The second-order valence-electron chi connectivity index (χ2n) is 9.01. The van der Waals surface area contributed by atoms with E-state index in [1.807, 2.05) is 6.07 Å². The van der Waals surface area contributed by atoms with E-state index in [0.29, 0.717) is 13.2 Å². The Morgan fingerprint density at radius 1 is 1.15 bits per heavy atom. The third-order valence-corrected chi connectivity index (χ3v) is 5.38. The minimum Gasteiger partial charge on any atom is -0.491 e. The highest BCUT2D eigenvalue weighted by molar-refractivity contribution is 5.38. The Morgan fingerprint density at radius 2 is 1.85 bits per heavy atom. The van der Waals surface area contributed by atoms with Gasteiger partial charge in [-0.1, -0.05) is 45.7 Å². The fraction of sp³-hybridized carbons (Fsp3) is 0.739. The largest absolute Gasteiger partial charge is 0.491 e.